The Morgan fingerprint density at radius 1 is 0.581 bits per heavy atom. The highest BCUT2D eigenvalue weighted by molar-refractivity contribution is 4.94. The molecule has 0 bridgehead atoms. The van der Waals surface area contributed by atoms with Crippen LogP contribution in [0.1, 0.15) is 0 Å². The molecule has 182 valence electrons. The van der Waals surface area contributed by atoms with Gasteiger partial charge in [-0.3, -0.25) is 9.80 Å². The van der Waals surface area contributed by atoms with Crippen LogP contribution in [-0.2, 0) is 9.47 Å². The van der Waals surface area contributed by atoms with Crippen LogP contribution in [0.25, 0.3) is 0 Å². The third kappa shape index (κ3) is 5.35. The van der Waals surface area contributed by atoms with E-state index in [1.54, 1.807) is 9.80 Å². The maximum atomic E-state index is 10.4. The Morgan fingerprint density at radius 3 is 1.32 bits per heavy atom. The molecule has 0 spiro atoms. The molecule has 9 N–H and O–H groups in total. The highest BCUT2D eigenvalue weighted by Gasteiger charge is 2.47. The second kappa shape index (κ2) is 11.1. The van der Waals surface area contributed by atoms with Gasteiger partial charge in [0, 0.05) is 39.3 Å². The van der Waals surface area contributed by atoms with Gasteiger partial charge in [0.15, 0.2) is 0 Å². The van der Waals surface area contributed by atoms with Gasteiger partial charge in [0.25, 0.3) is 0 Å². The fraction of sp³-hybridized carbons (Fsp3) is 1.00. The number of hydrogen-bond acceptors (Lipinski definition) is 13. The maximum absolute atomic E-state index is 10.4. The predicted octanol–water partition coefficient (Wildman–Crippen LogP) is -6.21. The van der Waals surface area contributed by atoms with Crippen molar-refractivity contribution in [1.29, 1.82) is 0 Å². The third-order valence-electron chi connectivity index (χ3n) is 6.28. The molecule has 0 aromatic carbocycles. The van der Waals surface area contributed by atoms with Gasteiger partial charge in [-0.15, -0.1) is 0 Å². The Kier molecular flexibility index (Phi) is 8.97. The molecular formula is C18H35N3O10. The molecule has 3 aliphatic heterocycles. The quantitative estimate of drug-likeness (QED) is 0.195. The van der Waals surface area contributed by atoms with E-state index < -0.39 is 74.5 Å². The van der Waals surface area contributed by atoms with Crippen LogP contribution in [0, 0.1) is 0 Å². The molecule has 3 saturated heterocycles. The van der Waals surface area contributed by atoms with Gasteiger partial charge in [0.05, 0.1) is 13.2 Å². The summed E-state index contributed by atoms with van der Waals surface area (Å²) in [6.07, 6.45) is -12.7. The number of ether oxygens (including phenoxy) is 2. The topological polar surface area (TPSA) is 199 Å². The van der Waals surface area contributed by atoms with Gasteiger partial charge in [-0.05, 0) is 0 Å². The van der Waals surface area contributed by atoms with Gasteiger partial charge in [-0.2, -0.15) is 0 Å². The average molecular weight is 453 g/mol. The van der Waals surface area contributed by atoms with Crippen molar-refractivity contribution in [2.75, 3.05) is 52.5 Å². The summed E-state index contributed by atoms with van der Waals surface area (Å²) in [5, 5.41) is 83.2. The van der Waals surface area contributed by atoms with Crippen LogP contribution in [0.5, 0.6) is 0 Å². The van der Waals surface area contributed by atoms with Crippen LogP contribution < -0.4 is 5.32 Å². The number of hydrogen-bond donors (Lipinski definition) is 9. The van der Waals surface area contributed by atoms with Crippen LogP contribution in [-0.4, -0.2) is 164 Å². The summed E-state index contributed by atoms with van der Waals surface area (Å²) in [7, 11) is 0. The number of aliphatic hydroxyl groups is 8. The van der Waals surface area contributed by atoms with Crippen LogP contribution in [0.2, 0.25) is 0 Å². The standard InChI is InChI=1S/C18H35N3O10/c22-7-9-11(24)13(26)15(28)17(30-9)20-3-1-19-2-4-21(6-5-20)18-16(29)14(27)12(25)10(8-23)31-18/h9-19,22-29H,1-8H2/t9-,10-,11-,12-,13+,14+,15+,16+,17?,18?/m1/s1. The fourth-order valence-corrected chi connectivity index (χ4v) is 4.33. The average Bonchev–Trinajstić information content (AvgIpc) is 2.89. The molecule has 0 aliphatic carbocycles. The van der Waals surface area contributed by atoms with Gasteiger partial charge in [0.2, 0.25) is 0 Å². The molecule has 0 saturated carbocycles. The summed E-state index contributed by atoms with van der Waals surface area (Å²) in [5.41, 5.74) is 0. The zero-order chi connectivity index (χ0) is 22.7. The first kappa shape index (κ1) is 25.1. The molecule has 0 aromatic rings. The first-order valence-electron chi connectivity index (χ1n) is 10.6. The van der Waals surface area contributed by atoms with Crippen molar-refractivity contribution in [2.24, 2.45) is 0 Å². The van der Waals surface area contributed by atoms with E-state index in [-0.39, 0.29) is 0 Å². The Labute approximate surface area is 180 Å². The number of nitrogens with one attached hydrogen (secondary N) is 1. The van der Waals surface area contributed by atoms with Gasteiger partial charge >= 0.3 is 0 Å². The van der Waals surface area contributed by atoms with Gasteiger partial charge in [-0.1, -0.05) is 0 Å². The summed E-state index contributed by atoms with van der Waals surface area (Å²) in [5.74, 6) is 0. The van der Waals surface area contributed by atoms with Crippen LogP contribution in [0.4, 0.5) is 0 Å². The molecule has 0 radical (unpaired) electrons. The van der Waals surface area contributed by atoms with Gasteiger partial charge < -0.3 is 55.6 Å². The summed E-state index contributed by atoms with van der Waals surface area (Å²) >= 11 is 0. The predicted molar refractivity (Wildman–Crippen MR) is 104 cm³/mol. The molecule has 31 heavy (non-hydrogen) atoms. The number of nitrogens with zero attached hydrogens (tertiary/aromatic N) is 2. The van der Waals surface area contributed by atoms with Gasteiger partial charge in [0.1, 0.15) is 61.3 Å². The molecule has 3 aliphatic rings. The highest BCUT2D eigenvalue weighted by Crippen LogP contribution is 2.26. The van der Waals surface area contributed by atoms with E-state index in [0.29, 0.717) is 39.3 Å². The molecule has 10 atom stereocenters. The lowest BCUT2D eigenvalue weighted by Crippen LogP contribution is -2.65. The molecule has 0 amide bonds. The monoisotopic (exact) mass is 453 g/mol. The van der Waals surface area contributed by atoms with Crippen molar-refractivity contribution < 1.29 is 50.3 Å². The Balaban J connectivity index is 1.72. The van der Waals surface area contributed by atoms with E-state index in [0.717, 1.165) is 0 Å². The first-order chi connectivity index (χ1) is 14.8. The largest absolute Gasteiger partial charge is 0.394 e. The zero-order valence-electron chi connectivity index (χ0n) is 17.2. The number of aliphatic hydroxyl groups excluding tert-OH is 8. The minimum atomic E-state index is -1.49. The summed E-state index contributed by atoms with van der Waals surface area (Å²) in [4.78, 5) is 3.50. The lowest BCUT2D eigenvalue weighted by atomic mass is 9.97. The fourth-order valence-electron chi connectivity index (χ4n) is 4.33. The maximum Gasteiger partial charge on any atom is 0.140 e. The second-order valence-corrected chi connectivity index (χ2v) is 8.26. The third-order valence-corrected chi connectivity index (χ3v) is 6.28. The molecule has 3 heterocycles. The summed E-state index contributed by atoms with van der Waals surface area (Å²) in [6, 6.07) is 0. The first-order valence-corrected chi connectivity index (χ1v) is 10.6. The molecule has 2 unspecified atom stereocenters. The molecular weight excluding hydrogens is 418 g/mol. The van der Waals surface area contributed by atoms with E-state index in [1.165, 1.54) is 0 Å². The van der Waals surface area contributed by atoms with Gasteiger partial charge in [-0.25, -0.2) is 0 Å². The van der Waals surface area contributed by atoms with E-state index in [9.17, 15) is 40.9 Å². The van der Waals surface area contributed by atoms with E-state index in [4.69, 9.17) is 9.47 Å². The van der Waals surface area contributed by atoms with Crippen molar-refractivity contribution in [3.8, 4) is 0 Å². The molecule has 13 nitrogen and oxygen atoms in total. The summed E-state index contributed by atoms with van der Waals surface area (Å²) < 4.78 is 11.3. The summed E-state index contributed by atoms with van der Waals surface area (Å²) in [6.45, 7) is 1.49. The van der Waals surface area contributed by atoms with Crippen molar-refractivity contribution in [2.45, 2.75) is 61.3 Å². The normalized spacial score (nSPS) is 46.8. The van der Waals surface area contributed by atoms with Crippen LogP contribution in [0.3, 0.4) is 0 Å². The van der Waals surface area contributed by atoms with Crippen LogP contribution in [0.15, 0.2) is 0 Å². The Bertz CT molecular complexity index is 513. The minimum Gasteiger partial charge on any atom is -0.394 e. The second-order valence-electron chi connectivity index (χ2n) is 8.26. The molecule has 3 fully saturated rings. The van der Waals surface area contributed by atoms with E-state index >= 15 is 0 Å². The Hall–Kier alpha value is -0.520. The SMILES string of the molecule is OC[C@H]1OC(N2CCNCCN(C3O[C@H](CO)[C@@H](O)[C@H](O)[C@@H]3O)CC2)[C@@H](O)[C@@H](O)[C@@H]1O. The highest BCUT2D eigenvalue weighted by atomic mass is 16.6. The van der Waals surface area contributed by atoms with Crippen molar-refractivity contribution in [1.82, 2.24) is 15.1 Å². The van der Waals surface area contributed by atoms with Crippen LogP contribution >= 0.6 is 0 Å². The lowest BCUT2D eigenvalue weighted by Gasteiger charge is -2.46. The molecule has 0 aromatic heterocycles. The molecule has 3 rings (SSSR count). The van der Waals surface area contributed by atoms with Crippen molar-refractivity contribution >= 4 is 0 Å². The lowest BCUT2D eigenvalue weighted by molar-refractivity contribution is -0.272. The van der Waals surface area contributed by atoms with E-state index in [2.05, 4.69) is 5.32 Å². The minimum absolute atomic E-state index is 0.305. The molecule has 13 heteroatoms. The van der Waals surface area contributed by atoms with Crippen molar-refractivity contribution in [3.05, 3.63) is 0 Å². The van der Waals surface area contributed by atoms with E-state index in [1.807, 2.05) is 0 Å². The zero-order valence-corrected chi connectivity index (χ0v) is 17.2. The van der Waals surface area contributed by atoms with Crippen molar-refractivity contribution in [3.63, 3.8) is 0 Å². The Morgan fingerprint density at radius 2 is 0.968 bits per heavy atom. The number of rotatable bonds is 4. The smallest absolute Gasteiger partial charge is 0.140 e.